The van der Waals surface area contributed by atoms with Gasteiger partial charge in [-0.25, -0.2) is 4.98 Å². The molecule has 4 rings (SSSR count). The lowest BCUT2D eigenvalue weighted by Crippen LogP contribution is -2.39. The van der Waals surface area contributed by atoms with Crippen LogP contribution in [0.1, 0.15) is 35.8 Å². The normalized spacial score (nSPS) is 15.9. The van der Waals surface area contributed by atoms with Crippen molar-refractivity contribution in [1.29, 1.82) is 0 Å². The summed E-state index contributed by atoms with van der Waals surface area (Å²) in [5, 5.41) is 3.12. The van der Waals surface area contributed by atoms with Gasteiger partial charge in [-0.3, -0.25) is 14.7 Å². The second-order valence-electron chi connectivity index (χ2n) is 7.19. The smallest absolute Gasteiger partial charge is 0.242 e. The van der Waals surface area contributed by atoms with Crippen LogP contribution in [0.15, 0.2) is 42.7 Å². The Bertz CT molecular complexity index is 944. The number of fused-ring (bicyclic) bond motifs is 1. The summed E-state index contributed by atoms with van der Waals surface area (Å²) in [7, 11) is 2.01. The number of carbonyl (C=O) groups is 1. The highest BCUT2D eigenvalue weighted by Gasteiger charge is 2.29. The second kappa shape index (κ2) is 7.48. The molecule has 6 heteroatoms. The molecule has 0 bridgehead atoms. The SMILES string of the molecule is Cc1nc2cc(CNC(=O)[C@@H](c3cccnc3)N3CCCC3)ccc2n1C. The zero-order valence-corrected chi connectivity index (χ0v) is 15.9. The van der Waals surface area contributed by atoms with Gasteiger partial charge in [0.1, 0.15) is 11.9 Å². The average molecular weight is 363 g/mol. The number of carbonyl (C=O) groups excluding carboxylic acids is 1. The Hall–Kier alpha value is -2.73. The van der Waals surface area contributed by atoms with Gasteiger partial charge in [-0.05, 0) is 62.2 Å². The van der Waals surface area contributed by atoms with Gasteiger partial charge in [0.05, 0.1) is 11.0 Å². The predicted molar refractivity (Wildman–Crippen MR) is 105 cm³/mol. The summed E-state index contributed by atoms with van der Waals surface area (Å²) in [6.45, 7) is 4.39. The maximum atomic E-state index is 13.0. The quantitative estimate of drug-likeness (QED) is 0.757. The Morgan fingerprint density at radius 2 is 2.07 bits per heavy atom. The standard InChI is InChI=1S/C21H25N5O/c1-15-24-18-12-16(7-8-19(18)25(15)2)13-23-21(27)20(26-10-3-4-11-26)17-6-5-9-22-14-17/h5-9,12,14,20H,3-4,10-11,13H2,1-2H3,(H,23,27)/t20-/m1/s1. The highest BCUT2D eigenvalue weighted by Crippen LogP contribution is 2.25. The summed E-state index contributed by atoms with van der Waals surface area (Å²) in [4.78, 5) is 24.1. The van der Waals surface area contributed by atoms with E-state index in [1.807, 2.05) is 26.1 Å². The lowest BCUT2D eigenvalue weighted by molar-refractivity contribution is -0.126. The highest BCUT2D eigenvalue weighted by atomic mass is 16.2. The van der Waals surface area contributed by atoms with Crippen molar-refractivity contribution in [3.63, 3.8) is 0 Å². The Balaban J connectivity index is 1.51. The molecule has 1 aromatic carbocycles. The maximum absolute atomic E-state index is 13.0. The number of pyridine rings is 1. The first-order valence-corrected chi connectivity index (χ1v) is 9.47. The van der Waals surface area contributed by atoms with Crippen LogP contribution in [0.2, 0.25) is 0 Å². The molecule has 3 heterocycles. The van der Waals surface area contributed by atoms with E-state index < -0.39 is 0 Å². The average Bonchev–Trinajstić information content (AvgIpc) is 3.30. The van der Waals surface area contributed by atoms with Crippen LogP contribution >= 0.6 is 0 Å². The Morgan fingerprint density at radius 1 is 1.26 bits per heavy atom. The van der Waals surface area contributed by atoms with Crippen LogP contribution in [0.25, 0.3) is 11.0 Å². The lowest BCUT2D eigenvalue weighted by atomic mass is 10.1. The molecule has 0 radical (unpaired) electrons. The molecule has 1 N–H and O–H groups in total. The number of aryl methyl sites for hydroxylation is 2. The van der Waals surface area contributed by atoms with Gasteiger partial charge in [0.2, 0.25) is 5.91 Å². The summed E-state index contributed by atoms with van der Waals surface area (Å²) in [6.07, 6.45) is 5.82. The lowest BCUT2D eigenvalue weighted by Gasteiger charge is -2.26. The molecule has 1 saturated heterocycles. The Kier molecular flexibility index (Phi) is 4.90. The number of benzene rings is 1. The van der Waals surface area contributed by atoms with E-state index in [4.69, 9.17) is 0 Å². The van der Waals surface area contributed by atoms with Crippen LogP contribution in [0.5, 0.6) is 0 Å². The van der Waals surface area contributed by atoms with Crippen molar-refractivity contribution in [2.75, 3.05) is 13.1 Å². The van der Waals surface area contributed by atoms with Gasteiger partial charge >= 0.3 is 0 Å². The van der Waals surface area contributed by atoms with Gasteiger partial charge in [-0.2, -0.15) is 0 Å². The van der Waals surface area contributed by atoms with E-state index in [0.29, 0.717) is 6.54 Å². The minimum Gasteiger partial charge on any atom is -0.350 e. The number of hydrogen-bond acceptors (Lipinski definition) is 4. The first kappa shape index (κ1) is 17.7. The highest BCUT2D eigenvalue weighted by molar-refractivity contribution is 5.83. The molecule has 1 aliphatic heterocycles. The zero-order valence-electron chi connectivity index (χ0n) is 15.9. The second-order valence-corrected chi connectivity index (χ2v) is 7.19. The molecule has 6 nitrogen and oxygen atoms in total. The molecule has 0 spiro atoms. The van der Waals surface area contributed by atoms with Crippen molar-refractivity contribution < 1.29 is 4.79 Å². The van der Waals surface area contributed by atoms with Crippen LogP contribution in [0.3, 0.4) is 0 Å². The van der Waals surface area contributed by atoms with Gasteiger partial charge < -0.3 is 9.88 Å². The zero-order chi connectivity index (χ0) is 18.8. The summed E-state index contributed by atoms with van der Waals surface area (Å²) >= 11 is 0. The maximum Gasteiger partial charge on any atom is 0.242 e. The molecule has 0 unspecified atom stereocenters. The van der Waals surface area contributed by atoms with E-state index in [9.17, 15) is 4.79 Å². The first-order valence-electron chi connectivity index (χ1n) is 9.47. The Labute approximate surface area is 159 Å². The number of nitrogens with one attached hydrogen (secondary N) is 1. The summed E-state index contributed by atoms with van der Waals surface area (Å²) in [5.41, 5.74) is 4.07. The van der Waals surface area contributed by atoms with E-state index in [2.05, 4.69) is 43.0 Å². The molecule has 1 atom stereocenters. The van der Waals surface area contributed by atoms with Crippen LogP contribution in [0.4, 0.5) is 0 Å². The van der Waals surface area contributed by atoms with Crippen molar-refractivity contribution in [3.05, 3.63) is 59.7 Å². The monoisotopic (exact) mass is 363 g/mol. The summed E-state index contributed by atoms with van der Waals surface area (Å²) < 4.78 is 2.07. The van der Waals surface area contributed by atoms with Gasteiger partial charge in [0.25, 0.3) is 0 Å². The van der Waals surface area contributed by atoms with Crippen molar-refractivity contribution in [2.45, 2.75) is 32.4 Å². The van der Waals surface area contributed by atoms with Crippen molar-refractivity contribution >= 4 is 16.9 Å². The number of hydrogen-bond donors (Lipinski definition) is 1. The van der Waals surface area contributed by atoms with Crippen LogP contribution in [-0.4, -0.2) is 38.4 Å². The van der Waals surface area contributed by atoms with Crippen LogP contribution in [-0.2, 0) is 18.4 Å². The molecule has 27 heavy (non-hydrogen) atoms. The van der Waals surface area contributed by atoms with E-state index in [-0.39, 0.29) is 11.9 Å². The minimum absolute atomic E-state index is 0.0298. The third kappa shape index (κ3) is 3.57. The fraction of sp³-hybridized carbons (Fsp3) is 0.381. The van der Waals surface area contributed by atoms with Crippen molar-refractivity contribution in [2.24, 2.45) is 7.05 Å². The third-order valence-electron chi connectivity index (χ3n) is 5.39. The fourth-order valence-electron chi connectivity index (χ4n) is 3.83. The van der Waals surface area contributed by atoms with E-state index in [1.54, 1.807) is 12.4 Å². The fourth-order valence-corrected chi connectivity index (χ4v) is 3.83. The summed E-state index contributed by atoms with van der Waals surface area (Å²) in [6, 6.07) is 9.77. The topological polar surface area (TPSA) is 63.1 Å². The first-order chi connectivity index (χ1) is 13.1. The molecule has 0 aliphatic carbocycles. The molecule has 1 fully saturated rings. The van der Waals surface area contributed by atoms with E-state index in [1.165, 1.54) is 0 Å². The predicted octanol–water partition coefficient (Wildman–Crippen LogP) is 2.73. The molecular formula is C21H25N5O. The Morgan fingerprint density at radius 3 is 2.81 bits per heavy atom. The van der Waals surface area contributed by atoms with E-state index >= 15 is 0 Å². The largest absolute Gasteiger partial charge is 0.350 e. The van der Waals surface area contributed by atoms with E-state index in [0.717, 1.165) is 53.9 Å². The number of likely N-dealkylation sites (tertiary alicyclic amines) is 1. The molecular weight excluding hydrogens is 338 g/mol. The van der Waals surface area contributed by atoms with Crippen molar-refractivity contribution in [1.82, 2.24) is 24.8 Å². The molecule has 1 amide bonds. The van der Waals surface area contributed by atoms with Gasteiger partial charge in [-0.1, -0.05) is 12.1 Å². The molecule has 2 aromatic heterocycles. The van der Waals surface area contributed by atoms with Crippen LogP contribution < -0.4 is 5.32 Å². The number of amides is 1. The van der Waals surface area contributed by atoms with Gasteiger partial charge in [0, 0.05) is 26.0 Å². The van der Waals surface area contributed by atoms with Gasteiger partial charge in [0.15, 0.2) is 0 Å². The number of nitrogens with zero attached hydrogens (tertiary/aromatic N) is 4. The summed E-state index contributed by atoms with van der Waals surface area (Å²) in [5.74, 6) is 1.01. The van der Waals surface area contributed by atoms with Crippen molar-refractivity contribution in [3.8, 4) is 0 Å². The number of imidazole rings is 1. The molecule has 3 aromatic rings. The number of aromatic nitrogens is 3. The van der Waals surface area contributed by atoms with Gasteiger partial charge in [-0.15, -0.1) is 0 Å². The molecule has 1 aliphatic rings. The molecule has 140 valence electrons. The number of rotatable bonds is 5. The minimum atomic E-state index is -0.276. The van der Waals surface area contributed by atoms with Crippen LogP contribution in [0, 0.1) is 6.92 Å². The third-order valence-corrected chi connectivity index (χ3v) is 5.39. The molecule has 0 saturated carbocycles.